The monoisotopic (exact) mass is 410 g/mol. The largest absolute Gasteiger partial charge is 0.481 e. The maximum Gasteiger partial charge on any atom is 0.303 e. The molecule has 0 bridgehead atoms. The Hall–Kier alpha value is -1.91. The highest BCUT2D eigenvalue weighted by Gasteiger charge is 2.32. The van der Waals surface area contributed by atoms with Gasteiger partial charge in [0.2, 0.25) is 0 Å². The van der Waals surface area contributed by atoms with Crippen LogP contribution in [-0.4, -0.2) is 68.8 Å². The second-order valence-electron chi connectivity index (χ2n) is 6.38. The van der Waals surface area contributed by atoms with Gasteiger partial charge < -0.3 is 14.7 Å². The summed E-state index contributed by atoms with van der Waals surface area (Å²) in [6.07, 6.45) is 2.24. The lowest BCUT2D eigenvalue weighted by Gasteiger charge is -2.29. The van der Waals surface area contributed by atoms with Crippen LogP contribution in [0.1, 0.15) is 24.1 Å². The summed E-state index contributed by atoms with van der Waals surface area (Å²) in [7, 11) is 1.90. The van der Waals surface area contributed by atoms with Gasteiger partial charge in [-0.3, -0.25) is 19.2 Å². The standard InChI is InChI=1S/C17H22N4O4S2/c1-11-12(15(19(2)18-11)20-6-8-25-9-7-20)10-13-16(24)21(17(26)27-13)5-3-4-14(22)23/h10H,3-9H2,1-2H3,(H,22,23). The molecule has 3 rings (SSSR count). The molecule has 0 radical (unpaired) electrons. The first-order chi connectivity index (χ1) is 12.9. The molecule has 27 heavy (non-hydrogen) atoms. The summed E-state index contributed by atoms with van der Waals surface area (Å²) in [6, 6.07) is 0. The Balaban J connectivity index is 1.83. The van der Waals surface area contributed by atoms with Gasteiger partial charge in [0.1, 0.15) is 10.1 Å². The highest BCUT2D eigenvalue weighted by atomic mass is 32.2. The Bertz CT molecular complexity index is 799. The number of thiocarbonyl (C=S) groups is 1. The number of aryl methyl sites for hydroxylation is 2. The van der Waals surface area contributed by atoms with E-state index in [0.29, 0.717) is 35.4 Å². The van der Waals surface area contributed by atoms with Gasteiger partial charge >= 0.3 is 5.97 Å². The minimum Gasteiger partial charge on any atom is -0.481 e. The Kier molecular flexibility index (Phi) is 6.18. The van der Waals surface area contributed by atoms with Crippen LogP contribution in [0.2, 0.25) is 0 Å². The fraction of sp³-hybridized carbons (Fsp3) is 0.529. The number of rotatable bonds is 6. The molecule has 0 saturated carbocycles. The maximum atomic E-state index is 12.7. The third-order valence-corrected chi connectivity index (χ3v) is 5.85. The quantitative estimate of drug-likeness (QED) is 0.559. The van der Waals surface area contributed by atoms with E-state index in [4.69, 9.17) is 22.1 Å². The molecule has 2 saturated heterocycles. The normalized spacial score (nSPS) is 19.4. The van der Waals surface area contributed by atoms with E-state index in [9.17, 15) is 9.59 Å². The molecule has 2 aliphatic heterocycles. The molecule has 0 atom stereocenters. The fourth-order valence-corrected chi connectivity index (χ4v) is 4.48. The number of carboxylic acids is 1. The zero-order valence-electron chi connectivity index (χ0n) is 15.3. The van der Waals surface area contributed by atoms with Gasteiger partial charge in [-0.05, 0) is 19.4 Å². The van der Waals surface area contributed by atoms with Gasteiger partial charge in [-0.1, -0.05) is 24.0 Å². The molecule has 1 aromatic heterocycles. The van der Waals surface area contributed by atoms with Crippen molar-refractivity contribution in [2.45, 2.75) is 19.8 Å². The average molecular weight is 411 g/mol. The van der Waals surface area contributed by atoms with E-state index in [-0.39, 0.29) is 12.3 Å². The topological polar surface area (TPSA) is 87.9 Å². The highest BCUT2D eigenvalue weighted by molar-refractivity contribution is 8.26. The van der Waals surface area contributed by atoms with Crippen LogP contribution < -0.4 is 4.90 Å². The first-order valence-corrected chi connectivity index (χ1v) is 9.94. The Morgan fingerprint density at radius 1 is 1.41 bits per heavy atom. The SMILES string of the molecule is Cc1nn(C)c(N2CCOCC2)c1C=C1SC(=S)N(CCCC(=O)O)C1=O. The van der Waals surface area contributed by atoms with Crippen molar-refractivity contribution in [3.8, 4) is 0 Å². The number of nitrogens with zero attached hydrogens (tertiary/aromatic N) is 4. The number of ether oxygens (including phenoxy) is 1. The van der Waals surface area contributed by atoms with Gasteiger partial charge in [-0.2, -0.15) is 5.10 Å². The van der Waals surface area contributed by atoms with E-state index in [1.54, 1.807) is 0 Å². The number of thioether (sulfide) groups is 1. The van der Waals surface area contributed by atoms with Crippen LogP contribution in [-0.2, 0) is 21.4 Å². The summed E-state index contributed by atoms with van der Waals surface area (Å²) < 4.78 is 7.73. The van der Waals surface area contributed by atoms with Gasteiger partial charge in [-0.15, -0.1) is 0 Å². The first-order valence-electron chi connectivity index (χ1n) is 8.72. The van der Waals surface area contributed by atoms with Gasteiger partial charge in [0, 0.05) is 38.7 Å². The summed E-state index contributed by atoms with van der Waals surface area (Å²) in [6.45, 7) is 5.11. The first kappa shape index (κ1) is 19.8. The van der Waals surface area contributed by atoms with E-state index in [0.717, 1.165) is 30.2 Å². The molecule has 1 aromatic rings. The lowest BCUT2D eigenvalue weighted by atomic mass is 10.2. The highest BCUT2D eigenvalue weighted by Crippen LogP contribution is 2.35. The molecule has 146 valence electrons. The molecule has 10 heteroatoms. The van der Waals surface area contributed by atoms with Gasteiger partial charge in [0.25, 0.3) is 5.91 Å². The van der Waals surface area contributed by atoms with Crippen LogP contribution in [0, 0.1) is 6.92 Å². The predicted molar refractivity (Wildman–Crippen MR) is 108 cm³/mol. The van der Waals surface area contributed by atoms with Crippen molar-refractivity contribution in [3.05, 3.63) is 16.2 Å². The van der Waals surface area contributed by atoms with Crippen LogP contribution in [0.5, 0.6) is 0 Å². The Labute approximate surface area is 167 Å². The van der Waals surface area contributed by atoms with Crippen LogP contribution in [0.3, 0.4) is 0 Å². The smallest absolute Gasteiger partial charge is 0.303 e. The summed E-state index contributed by atoms with van der Waals surface area (Å²) in [4.78, 5) is 27.7. The molecule has 0 aliphatic carbocycles. The number of morpholine rings is 1. The summed E-state index contributed by atoms with van der Waals surface area (Å²) in [5.74, 6) is -0.0874. The molecule has 1 amide bonds. The van der Waals surface area contributed by atoms with E-state index in [2.05, 4.69) is 10.00 Å². The molecule has 3 heterocycles. The molecule has 8 nitrogen and oxygen atoms in total. The van der Waals surface area contributed by atoms with E-state index >= 15 is 0 Å². The summed E-state index contributed by atoms with van der Waals surface area (Å²) in [5, 5.41) is 13.3. The van der Waals surface area contributed by atoms with Crippen LogP contribution in [0.25, 0.3) is 6.08 Å². The zero-order valence-corrected chi connectivity index (χ0v) is 16.9. The molecule has 2 fully saturated rings. The number of hydrogen-bond acceptors (Lipinski definition) is 7. The molecule has 2 aliphatic rings. The third-order valence-electron chi connectivity index (χ3n) is 4.47. The Morgan fingerprint density at radius 3 is 2.78 bits per heavy atom. The van der Waals surface area contributed by atoms with E-state index in [1.165, 1.54) is 16.7 Å². The van der Waals surface area contributed by atoms with Crippen LogP contribution in [0.4, 0.5) is 5.82 Å². The number of amides is 1. The summed E-state index contributed by atoms with van der Waals surface area (Å²) >= 11 is 6.57. The maximum absolute atomic E-state index is 12.7. The number of hydrogen-bond donors (Lipinski definition) is 1. The fourth-order valence-electron chi connectivity index (χ4n) is 3.19. The second-order valence-corrected chi connectivity index (χ2v) is 8.05. The molecular weight excluding hydrogens is 388 g/mol. The number of carboxylic acid groups (broad SMARTS) is 1. The molecule has 0 spiro atoms. The molecule has 0 aromatic carbocycles. The second kappa shape index (κ2) is 8.41. The van der Waals surface area contributed by atoms with Gasteiger partial charge in [-0.25, -0.2) is 0 Å². The number of anilines is 1. The van der Waals surface area contributed by atoms with E-state index in [1.807, 2.05) is 24.7 Å². The lowest BCUT2D eigenvalue weighted by Crippen LogP contribution is -2.37. The minimum absolute atomic E-state index is 0.0129. The van der Waals surface area contributed by atoms with Crippen molar-refractivity contribution in [2.75, 3.05) is 37.7 Å². The third kappa shape index (κ3) is 4.33. The van der Waals surface area contributed by atoms with Crippen molar-refractivity contribution in [2.24, 2.45) is 7.05 Å². The lowest BCUT2D eigenvalue weighted by molar-refractivity contribution is -0.137. The predicted octanol–water partition coefficient (Wildman–Crippen LogP) is 1.63. The van der Waals surface area contributed by atoms with Crippen molar-refractivity contribution in [1.82, 2.24) is 14.7 Å². The zero-order chi connectivity index (χ0) is 19.6. The van der Waals surface area contributed by atoms with Crippen molar-refractivity contribution in [3.63, 3.8) is 0 Å². The number of carbonyl (C=O) groups excluding carboxylic acids is 1. The minimum atomic E-state index is -0.878. The average Bonchev–Trinajstić information content (AvgIpc) is 3.05. The van der Waals surface area contributed by atoms with Crippen LogP contribution >= 0.6 is 24.0 Å². The van der Waals surface area contributed by atoms with E-state index < -0.39 is 5.97 Å². The van der Waals surface area contributed by atoms with Gasteiger partial charge in [0.05, 0.1) is 23.8 Å². The van der Waals surface area contributed by atoms with Crippen LogP contribution in [0.15, 0.2) is 4.91 Å². The number of aliphatic carboxylic acids is 1. The van der Waals surface area contributed by atoms with Gasteiger partial charge in [0.15, 0.2) is 0 Å². The van der Waals surface area contributed by atoms with Crippen molar-refractivity contribution < 1.29 is 19.4 Å². The molecular formula is C17H22N4O4S2. The summed E-state index contributed by atoms with van der Waals surface area (Å²) in [5.41, 5.74) is 1.75. The molecule has 1 N–H and O–H groups in total. The van der Waals surface area contributed by atoms with Crippen molar-refractivity contribution in [1.29, 1.82) is 0 Å². The van der Waals surface area contributed by atoms with Crippen molar-refractivity contribution >= 4 is 52.1 Å². The number of aromatic nitrogens is 2. The molecule has 0 unspecified atom stereocenters. The number of carbonyl (C=O) groups is 2. The Morgan fingerprint density at radius 2 is 2.11 bits per heavy atom.